The molecule has 0 saturated carbocycles. The number of aromatic nitrogens is 3. The van der Waals surface area contributed by atoms with Gasteiger partial charge in [-0.3, -0.25) is 14.8 Å². The molecule has 10 nitrogen and oxygen atoms in total. The number of hydrogen-bond acceptors (Lipinski definition) is 9. The first-order valence-corrected chi connectivity index (χ1v) is 16.2. The maximum Gasteiger partial charge on any atom is 0.410 e. The predicted octanol–water partition coefficient (Wildman–Crippen LogP) is 5.74. The van der Waals surface area contributed by atoms with Crippen molar-refractivity contribution >= 4 is 22.8 Å². The number of hydrogen-bond donors (Lipinski definition) is 0. The van der Waals surface area contributed by atoms with Gasteiger partial charge in [-0.1, -0.05) is 12.1 Å². The Morgan fingerprint density at radius 2 is 1.80 bits per heavy atom. The summed E-state index contributed by atoms with van der Waals surface area (Å²) in [6.07, 6.45) is 7.58. The van der Waals surface area contributed by atoms with E-state index in [4.69, 9.17) is 19.2 Å². The van der Waals surface area contributed by atoms with E-state index in [0.717, 1.165) is 57.2 Å². The molecule has 11 heteroatoms. The molecule has 45 heavy (non-hydrogen) atoms. The van der Waals surface area contributed by atoms with E-state index < -0.39 is 11.4 Å². The lowest BCUT2D eigenvalue weighted by Crippen LogP contribution is -2.57. The van der Waals surface area contributed by atoms with E-state index in [2.05, 4.69) is 19.8 Å². The SMILES string of the molecule is COc1c(C)cccc1-c1ncc2c(N3CC4CCC(C3)N4C(=O)OC(C)(C)C)nc(OCC34CCCN3CCC4)nc2c1F. The van der Waals surface area contributed by atoms with Gasteiger partial charge in [-0.2, -0.15) is 9.97 Å². The number of anilines is 1. The predicted molar refractivity (Wildman–Crippen MR) is 169 cm³/mol. The van der Waals surface area contributed by atoms with Crippen LogP contribution in [-0.4, -0.2) is 94.0 Å². The average molecular weight is 619 g/mol. The minimum atomic E-state index is -0.572. The number of carbonyl (C=O) groups excluding carboxylic acids is 1. The van der Waals surface area contributed by atoms with Crippen LogP contribution in [0.25, 0.3) is 22.2 Å². The molecule has 2 aromatic heterocycles. The number of fused-ring (bicyclic) bond motifs is 4. The third kappa shape index (κ3) is 5.32. The number of para-hydroxylation sites is 1. The summed E-state index contributed by atoms with van der Waals surface area (Å²) in [5.41, 5.74) is 1.21. The number of ether oxygens (including phenoxy) is 3. The summed E-state index contributed by atoms with van der Waals surface area (Å²) in [7, 11) is 1.58. The van der Waals surface area contributed by atoms with Crippen LogP contribution in [0, 0.1) is 12.7 Å². The Balaban J connectivity index is 1.27. The lowest BCUT2D eigenvalue weighted by molar-refractivity contribution is 0.0122. The summed E-state index contributed by atoms with van der Waals surface area (Å²) in [4.78, 5) is 33.9. The second kappa shape index (κ2) is 11.3. The number of rotatable bonds is 6. The maximum absolute atomic E-state index is 16.6. The van der Waals surface area contributed by atoms with E-state index in [1.807, 2.05) is 50.8 Å². The van der Waals surface area contributed by atoms with Crippen molar-refractivity contribution in [2.75, 3.05) is 44.8 Å². The highest BCUT2D eigenvalue weighted by Crippen LogP contribution is 2.41. The van der Waals surface area contributed by atoms with E-state index in [1.165, 1.54) is 0 Å². The second-order valence-corrected chi connectivity index (χ2v) is 14.1. The molecule has 7 rings (SSSR count). The topological polar surface area (TPSA) is 93.2 Å². The monoisotopic (exact) mass is 618 g/mol. The Kier molecular flexibility index (Phi) is 7.49. The van der Waals surface area contributed by atoms with Gasteiger partial charge in [-0.25, -0.2) is 9.18 Å². The standard InChI is InChI=1S/C34H43FN6O4/c1-21-9-6-10-24(29(21)43-5)27-26(35)28-25(17-36-27)30(38-31(37-28)44-20-34-13-7-15-40(34)16-8-14-34)39-18-22-11-12-23(19-39)41(22)32(42)45-33(2,3)4/h6,9-10,17,22-23H,7-8,11-16,18-20H2,1-5H3. The summed E-state index contributed by atoms with van der Waals surface area (Å²) < 4.78 is 34.4. The molecule has 0 spiro atoms. The van der Waals surface area contributed by atoms with Crippen molar-refractivity contribution in [3.8, 4) is 23.0 Å². The average Bonchev–Trinajstić information content (AvgIpc) is 3.66. The van der Waals surface area contributed by atoms with Crippen LogP contribution >= 0.6 is 0 Å². The van der Waals surface area contributed by atoms with E-state index in [-0.39, 0.29) is 40.9 Å². The summed E-state index contributed by atoms with van der Waals surface area (Å²) in [5, 5.41) is 0.516. The smallest absolute Gasteiger partial charge is 0.410 e. The van der Waals surface area contributed by atoms with E-state index in [9.17, 15) is 4.79 Å². The highest BCUT2D eigenvalue weighted by molar-refractivity contribution is 5.92. The highest BCUT2D eigenvalue weighted by Gasteiger charge is 2.46. The van der Waals surface area contributed by atoms with Gasteiger partial charge in [0, 0.05) is 24.8 Å². The Morgan fingerprint density at radius 3 is 2.47 bits per heavy atom. The van der Waals surface area contributed by atoms with Crippen LogP contribution < -0.4 is 14.4 Å². The first-order valence-electron chi connectivity index (χ1n) is 16.2. The third-order valence-electron chi connectivity index (χ3n) is 9.98. The number of aryl methyl sites for hydroxylation is 1. The third-order valence-corrected chi connectivity index (χ3v) is 9.98. The molecule has 1 aromatic carbocycles. The molecule has 4 aliphatic rings. The van der Waals surface area contributed by atoms with Crippen molar-refractivity contribution in [3.05, 3.63) is 35.8 Å². The van der Waals surface area contributed by atoms with Gasteiger partial charge in [0.05, 0.1) is 30.1 Å². The van der Waals surface area contributed by atoms with Crippen molar-refractivity contribution in [2.24, 2.45) is 0 Å². The summed E-state index contributed by atoms with van der Waals surface area (Å²) in [5.74, 6) is 0.615. The van der Waals surface area contributed by atoms with Crippen LogP contribution in [0.1, 0.15) is 64.9 Å². The lowest BCUT2D eigenvalue weighted by atomic mass is 9.95. The van der Waals surface area contributed by atoms with Gasteiger partial charge in [0.15, 0.2) is 5.82 Å². The minimum absolute atomic E-state index is 0.00644. The van der Waals surface area contributed by atoms with E-state index in [0.29, 0.717) is 42.2 Å². The molecule has 0 aliphatic carbocycles. The van der Waals surface area contributed by atoms with Crippen LogP contribution in [0.4, 0.5) is 15.0 Å². The first kappa shape index (κ1) is 30.0. The molecule has 4 aliphatic heterocycles. The van der Waals surface area contributed by atoms with Gasteiger partial charge >= 0.3 is 12.1 Å². The van der Waals surface area contributed by atoms with Crippen LogP contribution in [0.5, 0.6) is 11.8 Å². The summed E-state index contributed by atoms with van der Waals surface area (Å²) >= 11 is 0. The largest absolute Gasteiger partial charge is 0.496 e. The van der Waals surface area contributed by atoms with Gasteiger partial charge in [0.1, 0.15) is 35.0 Å². The number of carbonyl (C=O) groups is 1. The van der Waals surface area contributed by atoms with Gasteiger partial charge in [-0.05, 0) is 90.9 Å². The Labute approximate surface area is 263 Å². The minimum Gasteiger partial charge on any atom is -0.496 e. The maximum atomic E-state index is 16.6. The molecule has 2 bridgehead atoms. The molecule has 240 valence electrons. The molecule has 0 radical (unpaired) electrons. The highest BCUT2D eigenvalue weighted by atomic mass is 19.1. The quantitative estimate of drug-likeness (QED) is 0.343. The van der Waals surface area contributed by atoms with Gasteiger partial charge < -0.3 is 19.1 Å². The zero-order chi connectivity index (χ0) is 31.5. The number of nitrogens with zero attached hydrogens (tertiary/aromatic N) is 6. The summed E-state index contributed by atoms with van der Waals surface area (Å²) in [6, 6.07) is 5.70. The fraction of sp³-hybridized carbons (Fsp3) is 0.588. The normalized spacial score (nSPS) is 22.6. The molecule has 4 saturated heterocycles. The number of halogens is 1. The van der Waals surface area contributed by atoms with Crippen LogP contribution in [0.15, 0.2) is 24.4 Å². The Hall–Kier alpha value is -3.73. The number of benzene rings is 1. The lowest BCUT2D eigenvalue weighted by Gasteiger charge is -2.42. The molecule has 3 aromatic rings. The zero-order valence-corrected chi connectivity index (χ0v) is 26.9. The van der Waals surface area contributed by atoms with Gasteiger partial charge in [-0.15, -0.1) is 0 Å². The molecule has 0 N–H and O–H groups in total. The fourth-order valence-electron chi connectivity index (χ4n) is 7.97. The second-order valence-electron chi connectivity index (χ2n) is 14.1. The Morgan fingerprint density at radius 1 is 1.09 bits per heavy atom. The van der Waals surface area contributed by atoms with Crippen LogP contribution in [0.3, 0.4) is 0 Å². The number of methoxy groups -OCH3 is 1. The molecular formula is C34H43FN6O4. The van der Waals surface area contributed by atoms with E-state index in [1.54, 1.807) is 13.3 Å². The van der Waals surface area contributed by atoms with Crippen molar-refractivity contribution in [1.29, 1.82) is 0 Å². The first-order chi connectivity index (χ1) is 21.6. The van der Waals surface area contributed by atoms with Crippen LogP contribution in [-0.2, 0) is 4.74 Å². The molecule has 2 unspecified atom stereocenters. The van der Waals surface area contributed by atoms with Crippen molar-refractivity contribution in [3.63, 3.8) is 0 Å². The zero-order valence-electron chi connectivity index (χ0n) is 26.9. The molecule has 1 amide bonds. The van der Waals surface area contributed by atoms with E-state index >= 15 is 4.39 Å². The summed E-state index contributed by atoms with van der Waals surface area (Å²) in [6.45, 7) is 11.3. The Bertz CT molecular complexity index is 1600. The fourth-order valence-corrected chi connectivity index (χ4v) is 7.97. The van der Waals surface area contributed by atoms with Gasteiger partial charge in [0.25, 0.3) is 0 Å². The molecule has 6 heterocycles. The van der Waals surface area contributed by atoms with Crippen molar-refractivity contribution < 1.29 is 23.4 Å². The van der Waals surface area contributed by atoms with Gasteiger partial charge in [0.2, 0.25) is 0 Å². The van der Waals surface area contributed by atoms with Crippen molar-refractivity contribution in [2.45, 2.75) is 89.4 Å². The number of pyridine rings is 1. The molecular weight excluding hydrogens is 575 g/mol. The number of amides is 1. The van der Waals surface area contributed by atoms with Crippen LogP contribution in [0.2, 0.25) is 0 Å². The molecule has 4 fully saturated rings. The number of piperazine rings is 1. The van der Waals surface area contributed by atoms with Crippen molar-refractivity contribution in [1.82, 2.24) is 24.8 Å². The molecule has 2 atom stereocenters.